The molecule has 0 fully saturated rings. The summed E-state index contributed by atoms with van der Waals surface area (Å²) in [7, 11) is 0. The predicted molar refractivity (Wildman–Crippen MR) is 79.0 cm³/mol. The molecule has 2 aromatic carbocycles. The van der Waals surface area contributed by atoms with Crippen LogP contribution in [-0.4, -0.2) is 22.8 Å². The Morgan fingerprint density at radius 2 is 1.81 bits per heavy atom. The van der Waals surface area contributed by atoms with Crippen LogP contribution in [0.3, 0.4) is 0 Å². The average molecular weight is 284 g/mol. The van der Waals surface area contributed by atoms with Crippen molar-refractivity contribution in [1.29, 1.82) is 0 Å². The summed E-state index contributed by atoms with van der Waals surface area (Å²) < 4.78 is 5.65. The lowest BCUT2D eigenvalue weighted by Crippen LogP contribution is -2.18. The van der Waals surface area contributed by atoms with Crippen LogP contribution >= 0.6 is 0 Å². The number of aromatic hydroxyl groups is 1. The fraction of sp³-hybridized carbons (Fsp3) is 0.235. The summed E-state index contributed by atoms with van der Waals surface area (Å²) in [5.41, 5.74) is 2.64. The van der Waals surface area contributed by atoms with Crippen LogP contribution in [0, 0.1) is 0 Å². The third kappa shape index (κ3) is 2.23. The standard InChI is InChI=1S/C17H16O4/c1-17(2)9-21-15-6-4-11(8-13(15)17)10-3-5-14(18)12(7-10)16(19)20/h3-8,18H,9H2,1-2H3,(H,19,20). The van der Waals surface area contributed by atoms with Crippen molar-refractivity contribution in [2.45, 2.75) is 19.3 Å². The number of carbonyl (C=O) groups is 1. The highest BCUT2D eigenvalue weighted by Gasteiger charge is 2.31. The van der Waals surface area contributed by atoms with E-state index < -0.39 is 5.97 Å². The van der Waals surface area contributed by atoms with Crippen molar-refractivity contribution in [2.75, 3.05) is 6.61 Å². The molecular weight excluding hydrogens is 268 g/mol. The van der Waals surface area contributed by atoms with E-state index in [2.05, 4.69) is 13.8 Å². The quantitative estimate of drug-likeness (QED) is 0.886. The Hall–Kier alpha value is -2.49. The lowest BCUT2D eigenvalue weighted by atomic mass is 9.85. The number of carboxylic acid groups (broad SMARTS) is 1. The Balaban J connectivity index is 2.10. The molecule has 1 heterocycles. The van der Waals surface area contributed by atoms with Gasteiger partial charge in [-0.1, -0.05) is 26.0 Å². The lowest BCUT2D eigenvalue weighted by molar-refractivity contribution is 0.0694. The summed E-state index contributed by atoms with van der Waals surface area (Å²) in [5, 5.41) is 18.7. The molecule has 0 bridgehead atoms. The summed E-state index contributed by atoms with van der Waals surface area (Å²) in [6.45, 7) is 4.87. The molecule has 2 N–H and O–H groups in total. The number of ether oxygens (including phenoxy) is 1. The van der Waals surface area contributed by atoms with Crippen LogP contribution in [-0.2, 0) is 5.41 Å². The van der Waals surface area contributed by atoms with Gasteiger partial charge in [-0.15, -0.1) is 0 Å². The van der Waals surface area contributed by atoms with Gasteiger partial charge in [-0.2, -0.15) is 0 Å². The molecule has 2 aromatic rings. The second kappa shape index (κ2) is 4.52. The molecule has 0 saturated heterocycles. The molecule has 0 unspecified atom stereocenters. The van der Waals surface area contributed by atoms with E-state index in [-0.39, 0.29) is 16.7 Å². The molecule has 0 aromatic heterocycles. The molecule has 4 heteroatoms. The van der Waals surface area contributed by atoms with Crippen LogP contribution in [0.5, 0.6) is 11.5 Å². The Morgan fingerprint density at radius 1 is 1.14 bits per heavy atom. The highest BCUT2D eigenvalue weighted by molar-refractivity contribution is 5.92. The molecule has 21 heavy (non-hydrogen) atoms. The number of aromatic carboxylic acids is 1. The molecule has 108 valence electrons. The first kappa shape index (κ1) is 13.5. The van der Waals surface area contributed by atoms with E-state index in [1.54, 1.807) is 6.07 Å². The summed E-state index contributed by atoms with van der Waals surface area (Å²) in [6, 6.07) is 10.5. The number of carboxylic acids is 1. The van der Waals surface area contributed by atoms with Crippen LogP contribution < -0.4 is 4.74 Å². The Kier molecular flexibility index (Phi) is 2.90. The molecule has 0 aliphatic carbocycles. The van der Waals surface area contributed by atoms with Gasteiger partial charge in [-0.3, -0.25) is 0 Å². The number of fused-ring (bicyclic) bond motifs is 1. The smallest absolute Gasteiger partial charge is 0.339 e. The average Bonchev–Trinajstić information content (AvgIpc) is 2.74. The van der Waals surface area contributed by atoms with Crippen LogP contribution in [0.1, 0.15) is 29.8 Å². The van der Waals surface area contributed by atoms with Crippen molar-refractivity contribution in [3.63, 3.8) is 0 Å². The van der Waals surface area contributed by atoms with Gasteiger partial charge in [0.2, 0.25) is 0 Å². The van der Waals surface area contributed by atoms with Gasteiger partial charge in [0, 0.05) is 11.0 Å². The number of phenols is 1. The molecule has 0 saturated carbocycles. The zero-order valence-electron chi connectivity index (χ0n) is 11.9. The summed E-state index contributed by atoms with van der Waals surface area (Å²) in [6.07, 6.45) is 0. The molecule has 1 aliphatic rings. The normalized spacial score (nSPS) is 15.3. The minimum atomic E-state index is -1.14. The second-order valence-corrected chi connectivity index (χ2v) is 5.92. The van der Waals surface area contributed by atoms with E-state index >= 15 is 0 Å². The number of rotatable bonds is 2. The fourth-order valence-corrected chi connectivity index (χ4v) is 2.59. The zero-order valence-corrected chi connectivity index (χ0v) is 11.9. The zero-order chi connectivity index (χ0) is 15.2. The second-order valence-electron chi connectivity index (χ2n) is 5.92. The maximum Gasteiger partial charge on any atom is 0.339 e. The van der Waals surface area contributed by atoms with Crippen LogP contribution in [0.4, 0.5) is 0 Å². The molecule has 0 radical (unpaired) electrons. The van der Waals surface area contributed by atoms with Gasteiger partial charge in [0.05, 0.1) is 6.61 Å². The summed E-state index contributed by atoms with van der Waals surface area (Å²) in [4.78, 5) is 11.1. The van der Waals surface area contributed by atoms with Gasteiger partial charge < -0.3 is 14.9 Å². The van der Waals surface area contributed by atoms with E-state index in [9.17, 15) is 9.90 Å². The van der Waals surface area contributed by atoms with E-state index in [1.165, 1.54) is 12.1 Å². The van der Waals surface area contributed by atoms with Crippen molar-refractivity contribution < 1.29 is 19.7 Å². The molecule has 3 rings (SSSR count). The van der Waals surface area contributed by atoms with Crippen molar-refractivity contribution in [1.82, 2.24) is 0 Å². The lowest BCUT2D eigenvalue weighted by Gasteiger charge is -2.16. The van der Waals surface area contributed by atoms with Gasteiger partial charge in [-0.05, 0) is 35.4 Å². The number of hydrogen-bond acceptors (Lipinski definition) is 3. The maximum absolute atomic E-state index is 11.1. The van der Waals surface area contributed by atoms with Crippen molar-refractivity contribution in [3.05, 3.63) is 47.5 Å². The van der Waals surface area contributed by atoms with Crippen molar-refractivity contribution in [3.8, 4) is 22.6 Å². The SMILES string of the molecule is CC1(C)COc2ccc(-c3ccc(O)c(C(=O)O)c3)cc21. The van der Waals surface area contributed by atoms with Crippen LogP contribution in [0.25, 0.3) is 11.1 Å². The molecule has 1 aliphatic heterocycles. The maximum atomic E-state index is 11.1. The Morgan fingerprint density at radius 3 is 2.52 bits per heavy atom. The Labute approximate surface area is 122 Å². The molecule has 0 spiro atoms. The first-order chi connectivity index (χ1) is 9.88. The minimum absolute atomic E-state index is 0.0576. The van der Waals surface area contributed by atoms with E-state index in [0.29, 0.717) is 6.61 Å². The third-order valence-electron chi connectivity index (χ3n) is 3.86. The number of hydrogen-bond donors (Lipinski definition) is 2. The Bertz CT molecular complexity index is 732. The summed E-state index contributed by atoms with van der Waals surface area (Å²) in [5.74, 6) is -0.490. The monoisotopic (exact) mass is 284 g/mol. The van der Waals surface area contributed by atoms with Crippen molar-refractivity contribution in [2.24, 2.45) is 0 Å². The first-order valence-electron chi connectivity index (χ1n) is 6.72. The molecule has 4 nitrogen and oxygen atoms in total. The number of benzene rings is 2. The largest absolute Gasteiger partial charge is 0.507 e. The third-order valence-corrected chi connectivity index (χ3v) is 3.86. The predicted octanol–water partition coefficient (Wildman–Crippen LogP) is 3.43. The van der Waals surface area contributed by atoms with Crippen LogP contribution in [0.2, 0.25) is 0 Å². The van der Waals surface area contributed by atoms with Gasteiger partial charge >= 0.3 is 5.97 Å². The first-order valence-corrected chi connectivity index (χ1v) is 6.72. The van der Waals surface area contributed by atoms with E-state index in [1.807, 2.05) is 18.2 Å². The summed E-state index contributed by atoms with van der Waals surface area (Å²) >= 11 is 0. The van der Waals surface area contributed by atoms with Gasteiger partial charge in [-0.25, -0.2) is 4.79 Å². The highest BCUT2D eigenvalue weighted by atomic mass is 16.5. The van der Waals surface area contributed by atoms with Crippen molar-refractivity contribution >= 4 is 5.97 Å². The van der Waals surface area contributed by atoms with Crippen LogP contribution in [0.15, 0.2) is 36.4 Å². The van der Waals surface area contributed by atoms with Gasteiger partial charge in [0.15, 0.2) is 0 Å². The fourth-order valence-electron chi connectivity index (χ4n) is 2.59. The van der Waals surface area contributed by atoms with Gasteiger partial charge in [0.1, 0.15) is 17.1 Å². The molecule has 0 atom stereocenters. The highest BCUT2D eigenvalue weighted by Crippen LogP contribution is 2.40. The minimum Gasteiger partial charge on any atom is -0.507 e. The van der Waals surface area contributed by atoms with E-state index in [0.717, 1.165) is 22.4 Å². The molecular formula is C17H16O4. The topological polar surface area (TPSA) is 66.8 Å². The molecule has 0 amide bonds. The van der Waals surface area contributed by atoms with Gasteiger partial charge in [0.25, 0.3) is 0 Å². The van der Waals surface area contributed by atoms with E-state index in [4.69, 9.17) is 9.84 Å².